The molecule has 10 heteroatoms. The molecule has 0 unspecified atom stereocenters. The van der Waals surface area contributed by atoms with Crippen molar-refractivity contribution in [2.24, 2.45) is 5.10 Å². The van der Waals surface area contributed by atoms with Gasteiger partial charge in [0, 0.05) is 28.7 Å². The number of hydrazone groups is 1. The molecule has 0 saturated carbocycles. The minimum Gasteiger partial charge on any atom is -0.272 e. The van der Waals surface area contributed by atoms with Crippen LogP contribution < -0.4 is 5.43 Å². The summed E-state index contributed by atoms with van der Waals surface area (Å²) in [5.74, 6) is 0.733. The third-order valence-corrected chi connectivity index (χ3v) is 6.72. The van der Waals surface area contributed by atoms with Crippen LogP contribution in [0.3, 0.4) is 0 Å². The van der Waals surface area contributed by atoms with Crippen molar-refractivity contribution >= 4 is 58.6 Å². The number of carbonyl (C=O) groups is 1. The van der Waals surface area contributed by atoms with E-state index < -0.39 is 0 Å². The number of carbonyl (C=O) groups excluding carboxylic acids is 1. The fourth-order valence-electron chi connectivity index (χ4n) is 1.86. The zero-order valence-corrected chi connectivity index (χ0v) is 17.1. The Labute approximate surface area is 173 Å². The van der Waals surface area contributed by atoms with Crippen LogP contribution in [0.25, 0.3) is 0 Å². The molecule has 6 nitrogen and oxygen atoms in total. The summed E-state index contributed by atoms with van der Waals surface area (Å²) in [5, 5.41) is 12.9. The second-order valence-corrected chi connectivity index (χ2v) is 8.91. The highest BCUT2D eigenvalue weighted by atomic mass is 35.5. The second-order valence-electron chi connectivity index (χ2n) is 5.08. The van der Waals surface area contributed by atoms with Gasteiger partial charge >= 0.3 is 0 Å². The van der Waals surface area contributed by atoms with Gasteiger partial charge < -0.3 is 0 Å². The number of nitrogens with zero attached hydrogens (tertiary/aromatic N) is 4. The monoisotopic (exact) mass is 435 g/mol. The first-order chi connectivity index (χ1) is 13.2. The Kier molecular flexibility index (Phi) is 7.64. The van der Waals surface area contributed by atoms with Crippen molar-refractivity contribution in [2.45, 2.75) is 14.4 Å². The van der Waals surface area contributed by atoms with Crippen LogP contribution in [0.2, 0.25) is 5.02 Å². The Morgan fingerprint density at radius 3 is 2.78 bits per heavy atom. The lowest BCUT2D eigenvalue weighted by Crippen LogP contribution is -2.19. The van der Waals surface area contributed by atoms with E-state index in [4.69, 9.17) is 11.6 Å². The van der Waals surface area contributed by atoms with E-state index in [9.17, 15) is 4.79 Å². The van der Waals surface area contributed by atoms with E-state index in [2.05, 4.69) is 25.7 Å². The zero-order valence-electron chi connectivity index (χ0n) is 13.9. The Morgan fingerprint density at radius 2 is 2.00 bits per heavy atom. The van der Waals surface area contributed by atoms with E-state index >= 15 is 0 Å². The lowest BCUT2D eigenvalue weighted by atomic mass is 10.2. The number of aromatic nitrogens is 3. The van der Waals surface area contributed by atoms with E-state index in [0.717, 1.165) is 30.6 Å². The lowest BCUT2D eigenvalue weighted by molar-refractivity contribution is -0.118. The van der Waals surface area contributed by atoms with Crippen molar-refractivity contribution in [1.29, 1.82) is 0 Å². The van der Waals surface area contributed by atoms with E-state index in [1.807, 2.05) is 30.3 Å². The first kappa shape index (κ1) is 19.8. The maximum Gasteiger partial charge on any atom is 0.250 e. The first-order valence-electron chi connectivity index (χ1n) is 7.75. The van der Waals surface area contributed by atoms with Gasteiger partial charge in [-0.05, 0) is 17.7 Å². The van der Waals surface area contributed by atoms with Crippen molar-refractivity contribution in [1.82, 2.24) is 20.6 Å². The Bertz CT molecular complexity index is 920. The van der Waals surface area contributed by atoms with Crippen LogP contribution in [0.5, 0.6) is 0 Å². The minimum absolute atomic E-state index is 0.208. The molecule has 27 heavy (non-hydrogen) atoms. The van der Waals surface area contributed by atoms with Crippen LogP contribution in [-0.4, -0.2) is 33.1 Å². The van der Waals surface area contributed by atoms with Crippen molar-refractivity contribution in [3.63, 3.8) is 0 Å². The molecule has 2 aromatic heterocycles. The fourth-order valence-corrected chi connectivity index (χ4v) is 4.96. The van der Waals surface area contributed by atoms with Gasteiger partial charge in [0.2, 0.25) is 0 Å². The smallest absolute Gasteiger partial charge is 0.250 e. The number of thioether (sulfide) groups is 2. The van der Waals surface area contributed by atoms with Crippen LogP contribution >= 0.6 is 46.5 Å². The molecule has 0 aliphatic carbocycles. The summed E-state index contributed by atoms with van der Waals surface area (Å²) < 4.78 is 1.58. The van der Waals surface area contributed by atoms with Gasteiger partial charge in [0.15, 0.2) is 8.68 Å². The molecule has 0 fully saturated rings. The summed E-state index contributed by atoms with van der Waals surface area (Å²) in [6.07, 6.45) is 4.88. The topological polar surface area (TPSA) is 80.1 Å². The quantitative estimate of drug-likeness (QED) is 0.325. The van der Waals surface area contributed by atoms with Crippen LogP contribution in [0.1, 0.15) is 11.1 Å². The van der Waals surface area contributed by atoms with Gasteiger partial charge in [-0.2, -0.15) is 5.10 Å². The summed E-state index contributed by atoms with van der Waals surface area (Å²) >= 11 is 10.5. The molecule has 2 heterocycles. The maximum absolute atomic E-state index is 11.8. The first-order valence-corrected chi connectivity index (χ1v) is 10.9. The van der Waals surface area contributed by atoms with Crippen LogP contribution in [0, 0.1) is 0 Å². The summed E-state index contributed by atoms with van der Waals surface area (Å²) in [7, 11) is 0. The molecule has 1 N–H and O–H groups in total. The summed E-state index contributed by atoms with van der Waals surface area (Å²) in [5.41, 5.74) is 4.35. The Hall–Kier alpha value is -1.94. The predicted molar refractivity (Wildman–Crippen MR) is 112 cm³/mol. The van der Waals surface area contributed by atoms with Crippen LogP contribution in [0.15, 0.2) is 62.6 Å². The standard InChI is InChI=1S/C17H14ClN5OS3/c18-14-6-2-1-5-13(14)10-25-16-22-23-17(27-16)26-11-15(24)21-20-9-12-4-3-7-19-8-12/h1-9H,10-11H2,(H,21,24). The number of amides is 1. The van der Waals surface area contributed by atoms with E-state index in [-0.39, 0.29) is 11.7 Å². The van der Waals surface area contributed by atoms with Gasteiger partial charge in [-0.25, -0.2) is 5.43 Å². The molecule has 3 aromatic rings. The molecule has 0 saturated heterocycles. The summed E-state index contributed by atoms with van der Waals surface area (Å²) in [4.78, 5) is 15.8. The SMILES string of the molecule is O=C(CSc1nnc(SCc2ccccc2Cl)s1)NN=Cc1cccnc1. The van der Waals surface area contributed by atoms with Crippen molar-refractivity contribution < 1.29 is 4.79 Å². The van der Waals surface area contributed by atoms with Gasteiger partial charge in [0.25, 0.3) is 5.91 Å². The number of nitrogens with one attached hydrogen (secondary N) is 1. The zero-order chi connectivity index (χ0) is 18.9. The molecule has 0 aliphatic rings. The van der Waals surface area contributed by atoms with Gasteiger partial charge in [-0.15, -0.1) is 10.2 Å². The number of pyridine rings is 1. The lowest BCUT2D eigenvalue weighted by Gasteiger charge is -2.00. The molecular weight excluding hydrogens is 422 g/mol. The Morgan fingerprint density at radius 1 is 1.19 bits per heavy atom. The predicted octanol–water partition coefficient (Wildman–Crippen LogP) is 4.12. The molecule has 0 radical (unpaired) electrons. The average Bonchev–Trinajstić information content (AvgIpc) is 3.14. The van der Waals surface area contributed by atoms with Gasteiger partial charge in [-0.3, -0.25) is 9.78 Å². The van der Waals surface area contributed by atoms with E-state index in [0.29, 0.717) is 0 Å². The highest BCUT2D eigenvalue weighted by molar-refractivity contribution is 8.03. The van der Waals surface area contributed by atoms with Gasteiger partial charge in [0.05, 0.1) is 12.0 Å². The second kappa shape index (κ2) is 10.4. The molecule has 0 spiro atoms. The molecule has 0 aliphatic heterocycles. The van der Waals surface area contributed by atoms with Gasteiger partial charge in [-0.1, -0.05) is 70.7 Å². The van der Waals surface area contributed by atoms with Crippen LogP contribution in [-0.2, 0) is 10.5 Å². The fraction of sp³-hybridized carbons (Fsp3) is 0.118. The van der Waals surface area contributed by atoms with Crippen molar-refractivity contribution in [2.75, 3.05) is 5.75 Å². The number of halogens is 1. The van der Waals surface area contributed by atoms with Gasteiger partial charge in [0.1, 0.15) is 0 Å². The molecule has 1 aromatic carbocycles. The van der Waals surface area contributed by atoms with E-state index in [1.54, 1.807) is 36.4 Å². The average molecular weight is 436 g/mol. The largest absolute Gasteiger partial charge is 0.272 e. The third-order valence-electron chi connectivity index (χ3n) is 3.11. The maximum atomic E-state index is 11.8. The number of hydrogen-bond acceptors (Lipinski definition) is 8. The molecule has 0 atom stereocenters. The molecule has 0 bridgehead atoms. The highest BCUT2D eigenvalue weighted by Gasteiger charge is 2.09. The van der Waals surface area contributed by atoms with Crippen molar-refractivity contribution in [3.05, 3.63) is 64.9 Å². The third kappa shape index (κ3) is 6.62. The summed E-state index contributed by atoms with van der Waals surface area (Å²) in [6.45, 7) is 0. The van der Waals surface area contributed by atoms with E-state index in [1.165, 1.54) is 23.1 Å². The van der Waals surface area contributed by atoms with Crippen molar-refractivity contribution in [3.8, 4) is 0 Å². The van der Waals surface area contributed by atoms with Crippen LogP contribution in [0.4, 0.5) is 0 Å². The number of benzene rings is 1. The highest BCUT2D eigenvalue weighted by Crippen LogP contribution is 2.32. The Balaban J connectivity index is 1.42. The molecule has 138 valence electrons. The normalized spacial score (nSPS) is 11.0. The number of hydrogen-bond donors (Lipinski definition) is 1. The summed E-state index contributed by atoms with van der Waals surface area (Å²) in [6, 6.07) is 11.4. The molecule has 1 amide bonds. The molecular formula is C17H14ClN5OS3. The molecule has 3 rings (SSSR count). The number of rotatable bonds is 8. The minimum atomic E-state index is -0.208.